The van der Waals surface area contributed by atoms with Gasteiger partial charge in [-0.25, -0.2) is 0 Å². The molecule has 0 aromatic carbocycles. The summed E-state index contributed by atoms with van der Waals surface area (Å²) in [7, 11) is 0. The van der Waals surface area contributed by atoms with Crippen LogP contribution in [0.3, 0.4) is 0 Å². The molecule has 1 aliphatic carbocycles. The number of hydrogen-bond donors (Lipinski definition) is 2. The highest BCUT2D eigenvalue weighted by Gasteiger charge is 2.43. The summed E-state index contributed by atoms with van der Waals surface area (Å²) < 4.78 is 0. The molecular weight excluding hydrogens is 266 g/mol. The van der Waals surface area contributed by atoms with Crippen LogP contribution in [0.15, 0.2) is 18.5 Å². The van der Waals surface area contributed by atoms with E-state index in [1.807, 2.05) is 4.90 Å². The second kappa shape index (κ2) is 6.02. The topological polar surface area (TPSA) is 65.5 Å². The van der Waals surface area contributed by atoms with Gasteiger partial charge in [0.15, 0.2) is 0 Å². The molecule has 1 aromatic heterocycles. The number of hydrogen-bond acceptors (Lipinski definition) is 4. The number of fused-ring (bicyclic) bond motifs is 1. The minimum absolute atomic E-state index is 0.0533. The maximum absolute atomic E-state index is 12.7. The van der Waals surface area contributed by atoms with Crippen LogP contribution in [0.2, 0.25) is 0 Å². The molecule has 0 bridgehead atoms. The molecule has 3 unspecified atom stereocenters. The number of carbonyl (C=O) groups is 1. The third-order valence-electron chi connectivity index (χ3n) is 4.72. The fraction of sp³-hybridized carbons (Fsp3) is 0.625. The number of pyridine rings is 1. The van der Waals surface area contributed by atoms with Gasteiger partial charge in [-0.3, -0.25) is 9.78 Å². The molecule has 1 aliphatic heterocycles. The molecule has 2 fully saturated rings. The van der Waals surface area contributed by atoms with Crippen LogP contribution < -0.4 is 5.32 Å². The Kier molecular flexibility index (Phi) is 4.10. The van der Waals surface area contributed by atoms with E-state index >= 15 is 0 Å². The molecule has 5 heteroatoms. The summed E-state index contributed by atoms with van der Waals surface area (Å²) >= 11 is 0. The normalized spacial score (nSPS) is 27.7. The summed E-state index contributed by atoms with van der Waals surface area (Å²) in [5.74, 6) is 0.790. The molecule has 3 atom stereocenters. The summed E-state index contributed by atoms with van der Waals surface area (Å²) in [5.41, 5.74) is 1.50. The highest BCUT2D eigenvalue weighted by atomic mass is 16.3. The second-order valence-corrected chi connectivity index (χ2v) is 6.13. The van der Waals surface area contributed by atoms with Crippen molar-refractivity contribution in [1.82, 2.24) is 9.88 Å². The van der Waals surface area contributed by atoms with Crippen LogP contribution in [0.5, 0.6) is 0 Å². The lowest BCUT2D eigenvalue weighted by atomic mass is 10.00. The van der Waals surface area contributed by atoms with E-state index in [2.05, 4.69) is 17.2 Å². The number of aromatic nitrogens is 1. The average Bonchev–Trinajstić information content (AvgIpc) is 3.07. The Morgan fingerprint density at radius 1 is 1.48 bits per heavy atom. The summed E-state index contributed by atoms with van der Waals surface area (Å²) in [4.78, 5) is 18.7. The second-order valence-electron chi connectivity index (χ2n) is 6.13. The van der Waals surface area contributed by atoms with Crippen molar-refractivity contribution in [1.29, 1.82) is 0 Å². The summed E-state index contributed by atoms with van der Waals surface area (Å²) in [6.45, 7) is 4.38. The lowest BCUT2D eigenvalue weighted by Gasteiger charge is -2.20. The SMILES string of the molecule is CCCNc1cnccc1C(=O)N1CC2CCC(O)C2C1. The number of aliphatic hydroxyl groups is 1. The Labute approximate surface area is 125 Å². The van der Waals surface area contributed by atoms with Crippen molar-refractivity contribution < 1.29 is 9.90 Å². The van der Waals surface area contributed by atoms with Crippen LogP contribution in [0.4, 0.5) is 5.69 Å². The molecule has 2 aliphatic rings. The molecule has 2 N–H and O–H groups in total. The maximum atomic E-state index is 12.7. The Morgan fingerprint density at radius 2 is 2.33 bits per heavy atom. The smallest absolute Gasteiger partial charge is 0.256 e. The summed E-state index contributed by atoms with van der Waals surface area (Å²) in [5, 5.41) is 13.2. The van der Waals surface area contributed by atoms with E-state index in [0.29, 0.717) is 18.0 Å². The fourth-order valence-corrected chi connectivity index (χ4v) is 3.55. The molecular formula is C16H23N3O2. The van der Waals surface area contributed by atoms with Crippen molar-refractivity contribution in [3.05, 3.63) is 24.0 Å². The zero-order valence-electron chi connectivity index (χ0n) is 12.5. The van der Waals surface area contributed by atoms with Gasteiger partial charge in [-0.15, -0.1) is 0 Å². The molecule has 21 heavy (non-hydrogen) atoms. The summed E-state index contributed by atoms with van der Waals surface area (Å²) in [6, 6.07) is 1.78. The fourth-order valence-electron chi connectivity index (χ4n) is 3.55. The number of aliphatic hydroxyl groups excluding tert-OH is 1. The highest BCUT2D eigenvalue weighted by molar-refractivity contribution is 5.99. The predicted molar refractivity (Wildman–Crippen MR) is 81.1 cm³/mol. The number of anilines is 1. The van der Waals surface area contributed by atoms with Gasteiger partial charge in [-0.2, -0.15) is 0 Å². The molecule has 0 spiro atoms. The number of nitrogens with zero attached hydrogens (tertiary/aromatic N) is 2. The standard InChI is InChI=1S/C16H23N3O2/c1-2-6-18-14-8-17-7-5-12(14)16(21)19-9-11-3-4-15(20)13(11)10-19/h5,7-8,11,13,15,18,20H,2-4,6,9-10H2,1H3. The van der Waals surface area contributed by atoms with Gasteiger partial charge < -0.3 is 15.3 Å². The Balaban J connectivity index is 1.74. The highest BCUT2D eigenvalue weighted by Crippen LogP contribution is 2.38. The van der Waals surface area contributed by atoms with E-state index in [9.17, 15) is 9.90 Å². The molecule has 1 amide bonds. The van der Waals surface area contributed by atoms with Gasteiger partial charge in [0, 0.05) is 31.7 Å². The van der Waals surface area contributed by atoms with Crippen molar-refractivity contribution in [2.45, 2.75) is 32.3 Å². The van der Waals surface area contributed by atoms with Gasteiger partial charge in [0.1, 0.15) is 0 Å². The minimum Gasteiger partial charge on any atom is -0.393 e. The average molecular weight is 289 g/mol. The van der Waals surface area contributed by atoms with Crippen LogP contribution in [-0.4, -0.2) is 46.6 Å². The first-order valence-corrected chi connectivity index (χ1v) is 7.86. The van der Waals surface area contributed by atoms with E-state index < -0.39 is 0 Å². The number of carbonyl (C=O) groups excluding carboxylic acids is 1. The molecule has 1 saturated heterocycles. The van der Waals surface area contributed by atoms with Crippen LogP contribution in [0, 0.1) is 11.8 Å². The third-order valence-corrected chi connectivity index (χ3v) is 4.72. The van der Waals surface area contributed by atoms with Gasteiger partial charge in [0.2, 0.25) is 0 Å². The van der Waals surface area contributed by atoms with Crippen molar-refractivity contribution >= 4 is 11.6 Å². The molecule has 114 valence electrons. The van der Waals surface area contributed by atoms with Crippen LogP contribution in [0.25, 0.3) is 0 Å². The lowest BCUT2D eigenvalue weighted by Crippen LogP contribution is -2.31. The van der Waals surface area contributed by atoms with Crippen molar-refractivity contribution in [3.8, 4) is 0 Å². The van der Waals surface area contributed by atoms with Gasteiger partial charge in [-0.05, 0) is 31.2 Å². The molecule has 0 radical (unpaired) electrons. The van der Waals surface area contributed by atoms with E-state index in [4.69, 9.17) is 0 Å². The molecule has 3 rings (SSSR count). The third kappa shape index (κ3) is 2.75. The van der Waals surface area contributed by atoms with Gasteiger partial charge >= 0.3 is 0 Å². The molecule has 2 heterocycles. The monoisotopic (exact) mass is 289 g/mol. The zero-order valence-corrected chi connectivity index (χ0v) is 12.5. The number of rotatable bonds is 4. The zero-order chi connectivity index (χ0) is 14.8. The summed E-state index contributed by atoms with van der Waals surface area (Å²) in [6.07, 6.45) is 6.07. The molecule has 1 saturated carbocycles. The first-order chi connectivity index (χ1) is 10.2. The van der Waals surface area contributed by atoms with Crippen molar-refractivity contribution in [3.63, 3.8) is 0 Å². The van der Waals surface area contributed by atoms with Crippen LogP contribution >= 0.6 is 0 Å². The lowest BCUT2D eigenvalue weighted by molar-refractivity contribution is 0.0753. The van der Waals surface area contributed by atoms with E-state index in [-0.39, 0.29) is 17.9 Å². The Bertz CT molecular complexity index is 520. The van der Waals surface area contributed by atoms with Gasteiger partial charge in [0.05, 0.1) is 23.6 Å². The predicted octanol–water partition coefficient (Wildman–Crippen LogP) is 1.75. The first kappa shape index (κ1) is 14.3. The van der Waals surface area contributed by atoms with Gasteiger partial charge in [-0.1, -0.05) is 6.92 Å². The largest absolute Gasteiger partial charge is 0.393 e. The maximum Gasteiger partial charge on any atom is 0.256 e. The quantitative estimate of drug-likeness (QED) is 0.886. The minimum atomic E-state index is -0.233. The van der Waals surface area contributed by atoms with E-state index in [1.165, 1.54) is 0 Å². The van der Waals surface area contributed by atoms with Crippen molar-refractivity contribution in [2.75, 3.05) is 25.0 Å². The van der Waals surface area contributed by atoms with E-state index in [1.54, 1.807) is 18.5 Å². The number of amides is 1. The Morgan fingerprint density at radius 3 is 3.10 bits per heavy atom. The number of likely N-dealkylation sites (tertiary alicyclic amines) is 1. The van der Waals surface area contributed by atoms with Gasteiger partial charge in [0.25, 0.3) is 5.91 Å². The van der Waals surface area contributed by atoms with Crippen LogP contribution in [-0.2, 0) is 0 Å². The van der Waals surface area contributed by atoms with E-state index in [0.717, 1.165) is 38.0 Å². The van der Waals surface area contributed by atoms with Crippen molar-refractivity contribution in [2.24, 2.45) is 11.8 Å². The van der Waals surface area contributed by atoms with Crippen LogP contribution in [0.1, 0.15) is 36.5 Å². The Hall–Kier alpha value is -1.62. The molecule has 1 aromatic rings. The number of nitrogens with one attached hydrogen (secondary N) is 1. The first-order valence-electron chi connectivity index (χ1n) is 7.86. The molecule has 5 nitrogen and oxygen atoms in total.